The maximum absolute atomic E-state index is 13.5. The lowest BCUT2D eigenvalue weighted by molar-refractivity contribution is -0.133. The van der Waals surface area contributed by atoms with Gasteiger partial charge in [-0.2, -0.15) is 0 Å². The SMILES string of the molecule is CCCCCCCCCCCCCC(=O)N1CCc2c([nH]c3ccccc23)C1c1ccc(OC)cc1. The number of carbonyl (C=O) groups excluding carboxylic acids is 1. The second kappa shape index (κ2) is 13.5. The zero-order chi connectivity index (χ0) is 25.2. The van der Waals surface area contributed by atoms with Gasteiger partial charge in [0.15, 0.2) is 0 Å². The summed E-state index contributed by atoms with van der Waals surface area (Å²) >= 11 is 0. The first-order chi connectivity index (χ1) is 17.7. The fraction of sp³-hybridized carbons (Fsp3) is 0.531. The smallest absolute Gasteiger partial charge is 0.223 e. The molecule has 1 atom stereocenters. The molecule has 0 saturated heterocycles. The Kier molecular flexibility index (Phi) is 9.89. The van der Waals surface area contributed by atoms with Gasteiger partial charge in [0.1, 0.15) is 5.75 Å². The lowest BCUT2D eigenvalue weighted by Gasteiger charge is -2.36. The zero-order valence-corrected chi connectivity index (χ0v) is 22.4. The van der Waals surface area contributed by atoms with E-state index in [0.717, 1.165) is 42.6 Å². The van der Waals surface area contributed by atoms with Gasteiger partial charge in [0.2, 0.25) is 5.91 Å². The predicted octanol–water partition coefficient (Wildman–Crippen LogP) is 8.35. The third-order valence-corrected chi connectivity index (χ3v) is 7.78. The Bertz CT molecular complexity index is 1090. The van der Waals surface area contributed by atoms with Crippen molar-refractivity contribution in [1.29, 1.82) is 0 Å². The second-order valence-corrected chi connectivity index (χ2v) is 10.4. The van der Waals surface area contributed by atoms with Crippen molar-refractivity contribution in [2.75, 3.05) is 13.7 Å². The molecule has 2 heterocycles. The summed E-state index contributed by atoms with van der Waals surface area (Å²) in [6, 6.07) is 16.6. The van der Waals surface area contributed by atoms with E-state index in [0.29, 0.717) is 6.42 Å². The number of fused-ring (bicyclic) bond motifs is 3. The van der Waals surface area contributed by atoms with Crippen molar-refractivity contribution in [3.63, 3.8) is 0 Å². The van der Waals surface area contributed by atoms with E-state index in [-0.39, 0.29) is 11.9 Å². The van der Waals surface area contributed by atoms with Crippen LogP contribution < -0.4 is 4.74 Å². The molecule has 4 nitrogen and oxygen atoms in total. The summed E-state index contributed by atoms with van der Waals surface area (Å²) in [5.74, 6) is 1.11. The number of carbonyl (C=O) groups is 1. The van der Waals surface area contributed by atoms with Gasteiger partial charge in [-0.1, -0.05) is 101 Å². The fourth-order valence-corrected chi connectivity index (χ4v) is 5.73. The Labute approximate surface area is 217 Å². The molecule has 0 radical (unpaired) electrons. The largest absolute Gasteiger partial charge is 0.497 e. The van der Waals surface area contributed by atoms with Crippen LogP contribution in [-0.4, -0.2) is 29.4 Å². The normalized spacial score (nSPS) is 15.3. The molecule has 194 valence electrons. The van der Waals surface area contributed by atoms with Gasteiger partial charge in [-0.3, -0.25) is 4.79 Å². The lowest BCUT2D eigenvalue weighted by atomic mass is 9.92. The monoisotopic (exact) mass is 488 g/mol. The molecule has 1 N–H and O–H groups in total. The molecule has 0 aliphatic carbocycles. The van der Waals surface area contributed by atoms with E-state index in [4.69, 9.17) is 4.74 Å². The number of ether oxygens (including phenoxy) is 1. The molecule has 4 heteroatoms. The molecule has 2 aromatic carbocycles. The third-order valence-electron chi connectivity index (χ3n) is 7.78. The molecular formula is C32H44N2O2. The summed E-state index contributed by atoms with van der Waals surface area (Å²) in [5, 5.41) is 1.28. The van der Waals surface area contributed by atoms with Gasteiger partial charge in [0, 0.05) is 29.6 Å². The summed E-state index contributed by atoms with van der Waals surface area (Å²) in [5.41, 5.74) is 4.81. The molecule has 0 spiro atoms. The highest BCUT2D eigenvalue weighted by Crippen LogP contribution is 2.39. The van der Waals surface area contributed by atoms with E-state index >= 15 is 0 Å². The quantitative estimate of drug-likeness (QED) is 0.232. The molecule has 4 rings (SSSR count). The van der Waals surface area contributed by atoms with Crippen molar-refractivity contribution in [1.82, 2.24) is 9.88 Å². The highest BCUT2D eigenvalue weighted by molar-refractivity contribution is 5.86. The van der Waals surface area contributed by atoms with Gasteiger partial charge in [-0.25, -0.2) is 0 Å². The number of nitrogens with one attached hydrogen (secondary N) is 1. The molecular weight excluding hydrogens is 444 g/mol. The number of para-hydroxylation sites is 1. The van der Waals surface area contributed by atoms with Crippen LogP contribution in [0.2, 0.25) is 0 Å². The number of hydrogen-bond acceptors (Lipinski definition) is 2. The van der Waals surface area contributed by atoms with Crippen molar-refractivity contribution < 1.29 is 9.53 Å². The Balaban J connectivity index is 1.35. The van der Waals surface area contributed by atoms with Gasteiger partial charge >= 0.3 is 0 Å². The van der Waals surface area contributed by atoms with Crippen LogP contribution in [0.1, 0.15) is 107 Å². The average molecular weight is 489 g/mol. The molecule has 1 aromatic heterocycles. The van der Waals surface area contributed by atoms with E-state index in [1.54, 1.807) is 7.11 Å². The minimum atomic E-state index is -0.0766. The maximum atomic E-state index is 13.5. The summed E-state index contributed by atoms with van der Waals surface area (Å²) < 4.78 is 5.38. The second-order valence-electron chi connectivity index (χ2n) is 10.4. The lowest BCUT2D eigenvalue weighted by Crippen LogP contribution is -2.40. The number of rotatable bonds is 14. The Morgan fingerprint density at radius 1 is 0.889 bits per heavy atom. The molecule has 3 aromatic rings. The highest BCUT2D eigenvalue weighted by atomic mass is 16.5. The highest BCUT2D eigenvalue weighted by Gasteiger charge is 2.34. The topological polar surface area (TPSA) is 45.3 Å². The summed E-state index contributed by atoms with van der Waals surface area (Å²) in [4.78, 5) is 19.2. The van der Waals surface area contributed by atoms with E-state index in [9.17, 15) is 4.79 Å². The number of benzene rings is 2. The van der Waals surface area contributed by atoms with Crippen molar-refractivity contribution in [2.45, 2.75) is 96.4 Å². The van der Waals surface area contributed by atoms with Gasteiger partial charge in [0.25, 0.3) is 0 Å². The number of nitrogens with zero attached hydrogens (tertiary/aromatic N) is 1. The molecule has 1 amide bonds. The first-order valence-corrected chi connectivity index (χ1v) is 14.3. The number of H-pyrrole nitrogens is 1. The van der Waals surface area contributed by atoms with Crippen LogP contribution in [0, 0.1) is 0 Å². The molecule has 1 unspecified atom stereocenters. The number of amides is 1. The minimum Gasteiger partial charge on any atom is -0.497 e. The fourth-order valence-electron chi connectivity index (χ4n) is 5.73. The number of aromatic amines is 1. The minimum absolute atomic E-state index is 0.0766. The molecule has 0 fully saturated rings. The zero-order valence-electron chi connectivity index (χ0n) is 22.4. The molecule has 0 bridgehead atoms. The third kappa shape index (κ3) is 6.52. The van der Waals surface area contributed by atoms with Crippen molar-refractivity contribution in [3.8, 4) is 5.75 Å². The standard InChI is InChI=1S/C32H44N2O2/c1-3-4-5-6-7-8-9-10-11-12-13-18-30(35)34-24-23-28-27-16-14-15-17-29(27)33-31(28)32(34)25-19-21-26(36-2)22-20-25/h14-17,19-22,32-33H,3-13,18,23-24H2,1-2H3. The van der Waals surface area contributed by atoms with Crippen LogP contribution in [0.15, 0.2) is 48.5 Å². The van der Waals surface area contributed by atoms with Crippen LogP contribution in [0.4, 0.5) is 0 Å². The van der Waals surface area contributed by atoms with E-state index in [1.807, 2.05) is 12.1 Å². The number of unbranched alkanes of at least 4 members (excludes halogenated alkanes) is 10. The van der Waals surface area contributed by atoms with E-state index in [2.05, 4.69) is 53.2 Å². The predicted molar refractivity (Wildman–Crippen MR) is 150 cm³/mol. The van der Waals surface area contributed by atoms with E-state index in [1.165, 1.54) is 74.4 Å². The van der Waals surface area contributed by atoms with Crippen molar-refractivity contribution >= 4 is 16.8 Å². The van der Waals surface area contributed by atoms with Crippen LogP contribution in [0.3, 0.4) is 0 Å². The number of aromatic nitrogens is 1. The van der Waals surface area contributed by atoms with Gasteiger partial charge in [-0.05, 0) is 42.2 Å². The summed E-state index contributed by atoms with van der Waals surface area (Å²) in [6.07, 6.45) is 15.8. The number of methoxy groups -OCH3 is 1. The van der Waals surface area contributed by atoms with Crippen LogP contribution >= 0.6 is 0 Å². The van der Waals surface area contributed by atoms with Crippen LogP contribution in [-0.2, 0) is 11.2 Å². The maximum Gasteiger partial charge on any atom is 0.223 e. The van der Waals surface area contributed by atoms with Gasteiger partial charge in [0.05, 0.1) is 13.2 Å². The first kappa shape index (κ1) is 26.3. The summed E-state index contributed by atoms with van der Waals surface area (Å²) in [7, 11) is 1.69. The van der Waals surface area contributed by atoms with E-state index < -0.39 is 0 Å². The van der Waals surface area contributed by atoms with Gasteiger partial charge in [-0.15, -0.1) is 0 Å². The Hall–Kier alpha value is -2.75. The van der Waals surface area contributed by atoms with Gasteiger partial charge < -0.3 is 14.6 Å². The van der Waals surface area contributed by atoms with Crippen LogP contribution in [0.25, 0.3) is 10.9 Å². The number of hydrogen-bond donors (Lipinski definition) is 1. The van der Waals surface area contributed by atoms with Crippen LogP contribution in [0.5, 0.6) is 5.75 Å². The summed E-state index contributed by atoms with van der Waals surface area (Å²) in [6.45, 7) is 3.04. The molecule has 36 heavy (non-hydrogen) atoms. The molecule has 1 aliphatic rings. The molecule has 0 saturated carbocycles. The first-order valence-electron chi connectivity index (χ1n) is 14.3. The molecule has 1 aliphatic heterocycles. The Morgan fingerprint density at radius 3 is 2.19 bits per heavy atom. The average Bonchev–Trinajstić information content (AvgIpc) is 3.30. The van der Waals surface area contributed by atoms with Crippen molar-refractivity contribution in [2.24, 2.45) is 0 Å². The Morgan fingerprint density at radius 2 is 1.53 bits per heavy atom. The van der Waals surface area contributed by atoms with Crippen molar-refractivity contribution in [3.05, 3.63) is 65.4 Å².